The van der Waals surface area contributed by atoms with Gasteiger partial charge in [-0.2, -0.15) is 0 Å². The quantitative estimate of drug-likeness (QED) is 0.0261. The van der Waals surface area contributed by atoms with Gasteiger partial charge < -0.3 is 14.2 Å². The van der Waals surface area contributed by atoms with E-state index in [4.69, 9.17) is 14.2 Å². The standard InChI is InChI=1S/C65H124O6/c1-4-7-10-13-16-19-22-24-26-28-30-32-34-36-38-40-43-46-49-52-55-58-64(67)70-61-62(60-69-63(66)57-54-51-48-45-42-21-18-15-12-9-6-3)71-65(68)59-56-53-50-47-44-41-39-37-35-33-31-29-27-25-23-20-17-14-11-8-5-2/h25,27,62H,4-24,26,28-61H2,1-3H3/b27-25-/t62-/m0/s1. The molecule has 0 rings (SSSR count). The van der Waals surface area contributed by atoms with E-state index in [1.165, 1.54) is 270 Å². The minimum Gasteiger partial charge on any atom is -0.462 e. The molecule has 0 aliphatic rings. The van der Waals surface area contributed by atoms with Gasteiger partial charge in [-0.05, 0) is 44.9 Å². The van der Waals surface area contributed by atoms with Crippen molar-refractivity contribution < 1.29 is 28.6 Å². The van der Waals surface area contributed by atoms with Gasteiger partial charge in [-0.15, -0.1) is 0 Å². The largest absolute Gasteiger partial charge is 0.462 e. The van der Waals surface area contributed by atoms with Crippen LogP contribution in [0.4, 0.5) is 0 Å². The third-order valence-electron chi connectivity index (χ3n) is 14.8. The summed E-state index contributed by atoms with van der Waals surface area (Å²) in [6.45, 7) is 6.70. The van der Waals surface area contributed by atoms with Crippen molar-refractivity contribution in [1.82, 2.24) is 0 Å². The lowest BCUT2D eigenvalue weighted by Crippen LogP contribution is -2.30. The molecular weight excluding hydrogens is 877 g/mol. The molecule has 0 aromatic carbocycles. The molecule has 0 amide bonds. The van der Waals surface area contributed by atoms with Crippen molar-refractivity contribution >= 4 is 17.9 Å². The molecule has 0 saturated heterocycles. The Hall–Kier alpha value is -1.85. The Kier molecular flexibility index (Phi) is 59.1. The highest BCUT2D eigenvalue weighted by molar-refractivity contribution is 5.71. The first kappa shape index (κ1) is 69.2. The summed E-state index contributed by atoms with van der Waals surface area (Å²) in [6, 6.07) is 0. The molecular formula is C65H124O6. The van der Waals surface area contributed by atoms with Crippen molar-refractivity contribution in [3.8, 4) is 0 Å². The fourth-order valence-corrected chi connectivity index (χ4v) is 9.91. The van der Waals surface area contributed by atoms with Crippen LogP contribution in [0.5, 0.6) is 0 Å². The summed E-state index contributed by atoms with van der Waals surface area (Å²) in [5.41, 5.74) is 0. The summed E-state index contributed by atoms with van der Waals surface area (Å²) < 4.78 is 16.9. The SMILES string of the molecule is CCCCCCCC/C=C\CCCCCCCCCCCCCC(=O)O[C@@H](COC(=O)CCCCCCCCCCCCC)COC(=O)CCCCCCCCCCCCCCCCCCCCCCC. The zero-order valence-electron chi connectivity index (χ0n) is 48.3. The molecule has 0 fully saturated rings. The smallest absolute Gasteiger partial charge is 0.306 e. The number of carbonyl (C=O) groups is 3. The molecule has 0 bridgehead atoms. The van der Waals surface area contributed by atoms with E-state index in [2.05, 4.69) is 32.9 Å². The van der Waals surface area contributed by atoms with Gasteiger partial charge in [-0.25, -0.2) is 0 Å². The number of esters is 3. The number of allylic oxidation sites excluding steroid dienone is 2. The van der Waals surface area contributed by atoms with Crippen LogP contribution in [-0.4, -0.2) is 37.2 Å². The van der Waals surface area contributed by atoms with E-state index in [9.17, 15) is 14.4 Å². The fourth-order valence-electron chi connectivity index (χ4n) is 9.91. The van der Waals surface area contributed by atoms with E-state index < -0.39 is 6.10 Å². The van der Waals surface area contributed by atoms with Crippen molar-refractivity contribution in [3.05, 3.63) is 12.2 Å². The van der Waals surface area contributed by atoms with Crippen LogP contribution in [-0.2, 0) is 28.6 Å². The van der Waals surface area contributed by atoms with E-state index in [1.54, 1.807) is 0 Å². The zero-order chi connectivity index (χ0) is 51.4. The van der Waals surface area contributed by atoms with Gasteiger partial charge in [0.05, 0.1) is 0 Å². The highest BCUT2D eigenvalue weighted by Crippen LogP contribution is 2.18. The summed E-state index contributed by atoms with van der Waals surface area (Å²) >= 11 is 0. The fraction of sp³-hybridized carbons (Fsp3) is 0.923. The van der Waals surface area contributed by atoms with E-state index in [1.807, 2.05) is 0 Å². The summed E-state index contributed by atoms with van der Waals surface area (Å²) in [5.74, 6) is -0.835. The second kappa shape index (κ2) is 60.7. The first-order valence-corrected chi connectivity index (χ1v) is 32.2. The Morgan fingerprint density at radius 2 is 0.465 bits per heavy atom. The van der Waals surface area contributed by atoms with Gasteiger partial charge in [0.1, 0.15) is 13.2 Å². The third-order valence-corrected chi connectivity index (χ3v) is 14.8. The molecule has 0 aliphatic heterocycles. The van der Waals surface area contributed by atoms with Crippen LogP contribution in [0.3, 0.4) is 0 Å². The van der Waals surface area contributed by atoms with E-state index in [0.29, 0.717) is 19.3 Å². The summed E-state index contributed by atoms with van der Waals surface area (Å²) in [6.07, 6.45) is 70.8. The van der Waals surface area contributed by atoms with Gasteiger partial charge >= 0.3 is 17.9 Å². The molecule has 0 radical (unpaired) electrons. The van der Waals surface area contributed by atoms with Crippen LogP contribution < -0.4 is 0 Å². The molecule has 71 heavy (non-hydrogen) atoms. The number of hydrogen-bond donors (Lipinski definition) is 0. The maximum Gasteiger partial charge on any atom is 0.306 e. The molecule has 1 atom stereocenters. The Balaban J connectivity index is 4.21. The summed E-state index contributed by atoms with van der Waals surface area (Å²) in [4.78, 5) is 38.2. The van der Waals surface area contributed by atoms with E-state index in [0.717, 1.165) is 57.8 Å². The Morgan fingerprint density at radius 1 is 0.268 bits per heavy atom. The van der Waals surface area contributed by atoms with E-state index >= 15 is 0 Å². The zero-order valence-corrected chi connectivity index (χ0v) is 48.3. The normalized spacial score (nSPS) is 12.0. The number of hydrogen-bond acceptors (Lipinski definition) is 6. The van der Waals surface area contributed by atoms with Crippen LogP contribution in [0.1, 0.15) is 367 Å². The third kappa shape index (κ3) is 58.9. The molecule has 0 N–H and O–H groups in total. The minimum atomic E-state index is -0.765. The Morgan fingerprint density at radius 3 is 0.704 bits per heavy atom. The molecule has 6 nitrogen and oxygen atoms in total. The van der Waals surface area contributed by atoms with Gasteiger partial charge in [0.25, 0.3) is 0 Å². The number of unbranched alkanes of at least 4 members (excludes halogenated alkanes) is 47. The molecule has 420 valence electrons. The van der Waals surface area contributed by atoms with E-state index in [-0.39, 0.29) is 31.1 Å². The van der Waals surface area contributed by atoms with Crippen LogP contribution in [0.25, 0.3) is 0 Å². The van der Waals surface area contributed by atoms with Crippen molar-refractivity contribution in [2.24, 2.45) is 0 Å². The lowest BCUT2D eigenvalue weighted by atomic mass is 10.0. The van der Waals surface area contributed by atoms with Crippen molar-refractivity contribution in [3.63, 3.8) is 0 Å². The van der Waals surface area contributed by atoms with Crippen LogP contribution in [0.15, 0.2) is 12.2 Å². The molecule has 0 aromatic rings. The van der Waals surface area contributed by atoms with Crippen molar-refractivity contribution in [1.29, 1.82) is 0 Å². The van der Waals surface area contributed by atoms with Crippen LogP contribution >= 0.6 is 0 Å². The monoisotopic (exact) mass is 1000 g/mol. The first-order chi connectivity index (χ1) is 35.0. The molecule has 0 saturated carbocycles. The van der Waals surface area contributed by atoms with Gasteiger partial charge in [0.2, 0.25) is 0 Å². The summed E-state index contributed by atoms with van der Waals surface area (Å²) in [5, 5.41) is 0. The van der Waals surface area contributed by atoms with Gasteiger partial charge in [-0.1, -0.05) is 315 Å². The maximum absolute atomic E-state index is 12.9. The Labute approximate surface area is 443 Å². The number of ether oxygens (including phenoxy) is 3. The molecule has 0 spiro atoms. The molecule has 6 heteroatoms. The molecule has 0 aliphatic carbocycles. The van der Waals surface area contributed by atoms with Crippen LogP contribution in [0.2, 0.25) is 0 Å². The minimum absolute atomic E-state index is 0.0636. The van der Waals surface area contributed by atoms with Gasteiger partial charge in [-0.3, -0.25) is 14.4 Å². The average molecular weight is 1000 g/mol. The molecule has 0 heterocycles. The highest BCUT2D eigenvalue weighted by Gasteiger charge is 2.19. The lowest BCUT2D eigenvalue weighted by molar-refractivity contribution is -0.167. The first-order valence-electron chi connectivity index (χ1n) is 32.2. The summed E-state index contributed by atoms with van der Waals surface area (Å²) in [7, 11) is 0. The van der Waals surface area contributed by atoms with Crippen molar-refractivity contribution in [2.75, 3.05) is 13.2 Å². The predicted octanol–water partition coefficient (Wildman–Crippen LogP) is 21.7. The van der Waals surface area contributed by atoms with Gasteiger partial charge in [0, 0.05) is 19.3 Å². The highest BCUT2D eigenvalue weighted by atomic mass is 16.6. The second-order valence-electron chi connectivity index (χ2n) is 22.0. The topological polar surface area (TPSA) is 78.9 Å². The Bertz CT molecular complexity index is 1100. The average Bonchev–Trinajstić information content (AvgIpc) is 3.37. The number of carbonyl (C=O) groups excluding carboxylic acids is 3. The predicted molar refractivity (Wildman–Crippen MR) is 307 cm³/mol. The second-order valence-corrected chi connectivity index (χ2v) is 22.0. The molecule has 0 aromatic heterocycles. The van der Waals surface area contributed by atoms with Crippen LogP contribution in [0, 0.1) is 0 Å². The van der Waals surface area contributed by atoms with Crippen molar-refractivity contribution in [2.45, 2.75) is 374 Å². The molecule has 0 unspecified atom stereocenters. The lowest BCUT2D eigenvalue weighted by Gasteiger charge is -2.18. The van der Waals surface area contributed by atoms with Gasteiger partial charge in [0.15, 0.2) is 6.10 Å². The number of rotatable bonds is 60. The maximum atomic E-state index is 12.9.